The number of methoxy groups -OCH3 is 1. The number of nitrogens with one attached hydrogen (secondary N) is 2. The Labute approximate surface area is 107 Å². The van der Waals surface area contributed by atoms with E-state index in [1.54, 1.807) is 0 Å². The molecule has 96 valence electrons. The molecule has 2 aromatic rings. The van der Waals surface area contributed by atoms with Crippen LogP contribution >= 0.6 is 0 Å². The molecule has 1 saturated carbocycles. The van der Waals surface area contributed by atoms with E-state index in [2.05, 4.69) is 33.7 Å². The molecule has 1 heterocycles. The fourth-order valence-corrected chi connectivity index (χ4v) is 2.78. The summed E-state index contributed by atoms with van der Waals surface area (Å²) in [6.07, 6.45) is 7.06. The monoisotopic (exact) mass is 245 g/mol. The molecule has 18 heavy (non-hydrogen) atoms. The fraction of sp³-hybridized carbons (Fsp3) is 0.500. The number of hydrogen-bond acceptors (Lipinski definition) is 3. The van der Waals surface area contributed by atoms with Crippen molar-refractivity contribution in [3.63, 3.8) is 0 Å². The van der Waals surface area contributed by atoms with Gasteiger partial charge in [0.1, 0.15) is 0 Å². The van der Waals surface area contributed by atoms with Crippen molar-refractivity contribution in [1.29, 1.82) is 0 Å². The molecule has 0 spiro atoms. The standard InChI is InChI=1S/C14H19N3O/c1-18-14-5-3-2-4-12(14)16-11-7-6-10-9-15-17-13(10)8-11/h6-9,12,14,16H,2-5H2,1H3,(H,15,17). The van der Waals surface area contributed by atoms with Crippen molar-refractivity contribution in [3.8, 4) is 0 Å². The van der Waals surface area contributed by atoms with Gasteiger partial charge in [0.05, 0.1) is 23.9 Å². The molecule has 2 N–H and O–H groups in total. The summed E-state index contributed by atoms with van der Waals surface area (Å²) in [4.78, 5) is 0. The van der Waals surface area contributed by atoms with Crippen molar-refractivity contribution in [2.24, 2.45) is 0 Å². The highest BCUT2D eigenvalue weighted by atomic mass is 16.5. The number of aromatic amines is 1. The van der Waals surface area contributed by atoms with Gasteiger partial charge < -0.3 is 10.1 Å². The molecule has 2 unspecified atom stereocenters. The molecule has 1 aliphatic rings. The Hall–Kier alpha value is -1.55. The Morgan fingerprint density at radius 1 is 1.33 bits per heavy atom. The molecule has 4 nitrogen and oxygen atoms in total. The van der Waals surface area contributed by atoms with Gasteiger partial charge >= 0.3 is 0 Å². The van der Waals surface area contributed by atoms with Crippen LogP contribution in [-0.2, 0) is 4.74 Å². The molecule has 3 rings (SSSR count). The van der Waals surface area contributed by atoms with Crippen molar-refractivity contribution in [1.82, 2.24) is 10.2 Å². The Morgan fingerprint density at radius 3 is 3.11 bits per heavy atom. The first-order valence-electron chi connectivity index (χ1n) is 6.59. The quantitative estimate of drug-likeness (QED) is 0.874. The zero-order valence-corrected chi connectivity index (χ0v) is 10.6. The van der Waals surface area contributed by atoms with E-state index < -0.39 is 0 Å². The SMILES string of the molecule is COC1CCCCC1Nc1ccc2cn[nH]c2c1. The van der Waals surface area contributed by atoms with E-state index >= 15 is 0 Å². The lowest BCUT2D eigenvalue weighted by Crippen LogP contribution is -2.37. The van der Waals surface area contributed by atoms with Gasteiger partial charge in [0, 0.05) is 18.2 Å². The predicted molar refractivity (Wildman–Crippen MR) is 72.8 cm³/mol. The molecule has 2 atom stereocenters. The van der Waals surface area contributed by atoms with Gasteiger partial charge in [-0.05, 0) is 31.0 Å². The van der Waals surface area contributed by atoms with Crippen LogP contribution in [0.4, 0.5) is 5.69 Å². The lowest BCUT2D eigenvalue weighted by Gasteiger charge is -2.31. The minimum absolute atomic E-state index is 0.330. The third-order valence-electron chi connectivity index (χ3n) is 3.80. The third-order valence-corrected chi connectivity index (χ3v) is 3.80. The van der Waals surface area contributed by atoms with Gasteiger partial charge in [0.25, 0.3) is 0 Å². The molecule has 1 aliphatic carbocycles. The number of rotatable bonds is 3. The number of H-pyrrole nitrogens is 1. The number of ether oxygens (including phenoxy) is 1. The van der Waals surface area contributed by atoms with Gasteiger partial charge in [-0.25, -0.2) is 0 Å². The highest BCUT2D eigenvalue weighted by Gasteiger charge is 2.24. The van der Waals surface area contributed by atoms with Gasteiger partial charge in [-0.15, -0.1) is 0 Å². The zero-order chi connectivity index (χ0) is 12.4. The molecular weight excluding hydrogens is 226 g/mol. The summed E-state index contributed by atoms with van der Waals surface area (Å²) >= 11 is 0. The molecular formula is C14H19N3O. The van der Waals surface area contributed by atoms with Gasteiger partial charge in [-0.1, -0.05) is 12.8 Å². The van der Waals surface area contributed by atoms with Crippen LogP contribution in [0.15, 0.2) is 24.4 Å². The van der Waals surface area contributed by atoms with Crippen molar-refractivity contribution >= 4 is 16.6 Å². The van der Waals surface area contributed by atoms with Crippen LogP contribution < -0.4 is 5.32 Å². The molecule has 0 amide bonds. The Kier molecular flexibility index (Phi) is 3.19. The first-order valence-corrected chi connectivity index (χ1v) is 6.59. The lowest BCUT2D eigenvalue weighted by molar-refractivity contribution is 0.0606. The zero-order valence-electron chi connectivity index (χ0n) is 10.6. The highest BCUT2D eigenvalue weighted by Crippen LogP contribution is 2.25. The normalized spacial score (nSPS) is 24.3. The van der Waals surface area contributed by atoms with E-state index in [0.29, 0.717) is 12.1 Å². The number of benzene rings is 1. The smallest absolute Gasteiger partial charge is 0.0772 e. The summed E-state index contributed by atoms with van der Waals surface area (Å²) in [5, 5.41) is 11.8. The van der Waals surface area contributed by atoms with E-state index in [1.165, 1.54) is 19.3 Å². The number of aromatic nitrogens is 2. The average Bonchev–Trinajstić information content (AvgIpc) is 2.87. The number of fused-ring (bicyclic) bond motifs is 1. The number of anilines is 1. The Balaban J connectivity index is 1.77. The molecule has 0 bridgehead atoms. The average molecular weight is 245 g/mol. The Morgan fingerprint density at radius 2 is 2.22 bits per heavy atom. The maximum Gasteiger partial charge on any atom is 0.0772 e. The van der Waals surface area contributed by atoms with Gasteiger partial charge in [-0.3, -0.25) is 5.10 Å². The van der Waals surface area contributed by atoms with Crippen LogP contribution in [0.25, 0.3) is 10.9 Å². The first kappa shape index (κ1) is 11.5. The second kappa shape index (κ2) is 4.98. The van der Waals surface area contributed by atoms with Crippen molar-refractivity contribution in [2.75, 3.05) is 12.4 Å². The van der Waals surface area contributed by atoms with E-state index in [0.717, 1.165) is 23.0 Å². The minimum atomic E-state index is 0.330. The largest absolute Gasteiger partial charge is 0.380 e. The number of hydrogen-bond donors (Lipinski definition) is 2. The molecule has 4 heteroatoms. The van der Waals surface area contributed by atoms with Crippen molar-refractivity contribution < 1.29 is 4.74 Å². The van der Waals surface area contributed by atoms with E-state index in [-0.39, 0.29) is 0 Å². The summed E-state index contributed by atoms with van der Waals surface area (Å²) in [6.45, 7) is 0. The van der Waals surface area contributed by atoms with Crippen LogP contribution in [-0.4, -0.2) is 29.5 Å². The summed E-state index contributed by atoms with van der Waals surface area (Å²) in [6, 6.07) is 6.73. The molecule has 1 aromatic heterocycles. The Bertz CT molecular complexity index is 522. The van der Waals surface area contributed by atoms with Crippen LogP contribution in [0, 0.1) is 0 Å². The van der Waals surface area contributed by atoms with Crippen LogP contribution in [0.2, 0.25) is 0 Å². The van der Waals surface area contributed by atoms with Gasteiger partial charge in [0.2, 0.25) is 0 Å². The van der Waals surface area contributed by atoms with Gasteiger partial charge in [-0.2, -0.15) is 5.10 Å². The summed E-state index contributed by atoms with van der Waals surface area (Å²) < 4.78 is 5.57. The van der Waals surface area contributed by atoms with Crippen LogP contribution in [0.3, 0.4) is 0 Å². The number of nitrogens with zero attached hydrogens (tertiary/aromatic N) is 1. The van der Waals surface area contributed by atoms with Crippen LogP contribution in [0.1, 0.15) is 25.7 Å². The summed E-state index contributed by atoms with van der Waals surface area (Å²) in [5.74, 6) is 0. The second-order valence-corrected chi connectivity index (χ2v) is 4.98. The summed E-state index contributed by atoms with van der Waals surface area (Å²) in [7, 11) is 1.81. The van der Waals surface area contributed by atoms with Gasteiger partial charge in [0.15, 0.2) is 0 Å². The summed E-state index contributed by atoms with van der Waals surface area (Å²) in [5.41, 5.74) is 2.21. The predicted octanol–water partition coefficient (Wildman–Crippen LogP) is 2.93. The van der Waals surface area contributed by atoms with Crippen molar-refractivity contribution in [2.45, 2.75) is 37.8 Å². The highest BCUT2D eigenvalue weighted by molar-refractivity contribution is 5.81. The maximum absolute atomic E-state index is 5.57. The van der Waals surface area contributed by atoms with E-state index in [4.69, 9.17) is 4.74 Å². The van der Waals surface area contributed by atoms with Crippen LogP contribution in [0.5, 0.6) is 0 Å². The molecule has 1 fully saturated rings. The van der Waals surface area contributed by atoms with E-state index in [1.807, 2.05) is 13.3 Å². The fourth-order valence-electron chi connectivity index (χ4n) is 2.78. The topological polar surface area (TPSA) is 49.9 Å². The first-order chi connectivity index (χ1) is 8.86. The van der Waals surface area contributed by atoms with Crippen molar-refractivity contribution in [3.05, 3.63) is 24.4 Å². The maximum atomic E-state index is 5.57. The molecule has 1 aromatic carbocycles. The third kappa shape index (κ3) is 2.20. The molecule has 0 radical (unpaired) electrons. The van der Waals surface area contributed by atoms with E-state index in [9.17, 15) is 0 Å². The molecule has 0 saturated heterocycles. The lowest BCUT2D eigenvalue weighted by atomic mass is 9.92. The second-order valence-electron chi connectivity index (χ2n) is 4.98. The minimum Gasteiger partial charge on any atom is -0.380 e. The molecule has 0 aliphatic heterocycles.